The van der Waals surface area contributed by atoms with Crippen LogP contribution < -0.4 is 9.47 Å². The molecule has 2 rings (SSSR count). The number of aldehydes is 1. The van der Waals surface area contributed by atoms with Gasteiger partial charge in [-0.15, -0.1) is 0 Å². The molecule has 0 N–H and O–H groups in total. The first-order chi connectivity index (χ1) is 9.22. The van der Waals surface area contributed by atoms with E-state index in [0.717, 1.165) is 26.9 Å². The molecule has 0 spiro atoms. The van der Waals surface area contributed by atoms with Gasteiger partial charge in [-0.1, -0.05) is 6.07 Å². The third-order valence-electron chi connectivity index (χ3n) is 2.63. The monoisotopic (exact) mass is 368 g/mol. The third kappa shape index (κ3) is 3.70. The van der Waals surface area contributed by atoms with E-state index in [1.54, 1.807) is 25.3 Å². The van der Waals surface area contributed by atoms with Crippen LogP contribution in [0.15, 0.2) is 42.5 Å². The van der Waals surface area contributed by atoms with Gasteiger partial charge in [0.05, 0.1) is 7.11 Å². The summed E-state index contributed by atoms with van der Waals surface area (Å²) in [4.78, 5) is 10.8. The van der Waals surface area contributed by atoms with Crippen LogP contribution in [0.2, 0.25) is 0 Å². The van der Waals surface area contributed by atoms with Crippen molar-refractivity contribution in [3.8, 4) is 11.5 Å². The van der Waals surface area contributed by atoms with E-state index in [-0.39, 0.29) is 0 Å². The Hall–Kier alpha value is -1.56. The molecule has 0 aliphatic carbocycles. The summed E-state index contributed by atoms with van der Waals surface area (Å²) in [5, 5.41) is 0. The van der Waals surface area contributed by atoms with Gasteiger partial charge in [0.25, 0.3) is 0 Å². The number of rotatable bonds is 5. The van der Waals surface area contributed by atoms with E-state index in [2.05, 4.69) is 22.6 Å². The van der Waals surface area contributed by atoms with Crippen LogP contribution in [0.4, 0.5) is 0 Å². The van der Waals surface area contributed by atoms with E-state index in [0.29, 0.717) is 12.2 Å². The van der Waals surface area contributed by atoms with Crippen LogP contribution in [0.1, 0.15) is 15.9 Å². The van der Waals surface area contributed by atoms with Gasteiger partial charge >= 0.3 is 0 Å². The zero-order chi connectivity index (χ0) is 13.7. The molecule has 19 heavy (non-hydrogen) atoms. The highest BCUT2D eigenvalue weighted by Gasteiger charge is 2.05. The van der Waals surface area contributed by atoms with Crippen LogP contribution >= 0.6 is 22.6 Å². The van der Waals surface area contributed by atoms with Crippen molar-refractivity contribution >= 4 is 28.9 Å². The SMILES string of the molecule is COc1ccc(C=O)cc1COc1cccc(I)c1. The first-order valence-corrected chi connectivity index (χ1v) is 6.81. The maximum Gasteiger partial charge on any atom is 0.150 e. The van der Waals surface area contributed by atoms with E-state index in [9.17, 15) is 4.79 Å². The average Bonchev–Trinajstić information content (AvgIpc) is 2.45. The molecule has 0 heterocycles. The summed E-state index contributed by atoms with van der Waals surface area (Å²) in [6.07, 6.45) is 0.814. The van der Waals surface area contributed by atoms with Crippen molar-refractivity contribution in [1.29, 1.82) is 0 Å². The second kappa shape index (κ2) is 6.56. The van der Waals surface area contributed by atoms with Crippen LogP contribution in [0.25, 0.3) is 0 Å². The molecule has 4 heteroatoms. The van der Waals surface area contributed by atoms with E-state index in [4.69, 9.17) is 9.47 Å². The van der Waals surface area contributed by atoms with Gasteiger partial charge in [-0.25, -0.2) is 0 Å². The van der Waals surface area contributed by atoms with Crippen LogP contribution in [-0.4, -0.2) is 13.4 Å². The van der Waals surface area contributed by atoms with Crippen molar-refractivity contribution in [2.45, 2.75) is 6.61 Å². The Bertz CT molecular complexity index is 581. The number of halogens is 1. The number of ether oxygens (including phenoxy) is 2. The lowest BCUT2D eigenvalue weighted by atomic mass is 10.1. The lowest BCUT2D eigenvalue weighted by molar-refractivity contribution is 0.112. The van der Waals surface area contributed by atoms with Gasteiger partial charge < -0.3 is 9.47 Å². The van der Waals surface area contributed by atoms with Gasteiger partial charge in [0.2, 0.25) is 0 Å². The van der Waals surface area contributed by atoms with Gasteiger partial charge in [0.1, 0.15) is 24.4 Å². The number of hydrogen-bond acceptors (Lipinski definition) is 3. The standard InChI is InChI=1S/C15H13IO3/c1-18-15-6-5-11(9-17)7-12(15)10-19-14-4-2-3-13(16)8-14/h2-9H,10H2,1H3. The molecule has 0 fully saturated rings. The second-order valence-corrected chi connectivity index (χ2v) is 5.18. The zero-order valence-electron chi connectivity index (χ0n) is 10.4. The Morgan fingerprint density at radius 3 is 2.74 bits per heavy atom. The summed E-state index contributed by atoms with van der Waals surface area (Å²) in [6, 6.07) is 13.1. The van der Waals surface area contributed by atoms with Gasteiger partial charge in [-0.3, -0.25) is 4.79 Å². The molecule has 0 amide bonds. The summed E-state index contributed by atoms with van der Waals surface area (Å²) < 4.78 is 12.1. The van der Waals surface area contributed by atoms with E-state index < -0.39 is 0 Å². The molecule has 0 aliphatic rings. The molecule has 0 radical (unpaired) electrons. The van der Waals surface area contributed by atoms with Crippen LogP contribution in [0, 0.1) is 3.57 Å². The van der Waals surface area contributed by atoms with Crippen molar-refractivity contribution in [3.05, 3.63) is 57.2 Å². The summed E-state index contributed by atoms with van der Waals surface area (Å²) in [6.45, 7) is 0.366. The molecule has 2 aromatic carbocycles. The summed E-state index contributed by atoms with van der Waals surface area (Å²) in [7, 11) is 1.60. The highest BCUT2D eigenvalue weighted by molar-refractivity contribution is 14.1. The van der Waals surface area contributed by atoms with Gasteiger partial charge in [0.15, 0.2) is 0 Å². The first-order valence-electron chi connectivity index (χ1n) is 5.73. The van der Waals surface area contributed by atoms with Gasteiger partial charge in [0, 0.05) is 14.7 Å². The number of benzene rings is 2. The minimum atomic E-state index is 0.366. The van der Waals surface area contributed by atoms with Gasteiger partial charge in [-0.05, 0) is 59.0 Å². The fourth-order valence-corrected chi connectivity index (χ4v) is 2.22. The average molecular weight is 368 g/mol. The van der Waals surface area contributed by atoms with Crippen molar-refractivity contribution in [2.24, 2.45) is 0 Å². The molecule has 0 saturated carbocycles. The zero-order valence-corrected chi connectivity index (χ0v) is 12.6. The summed E-state index contributed by atoms with van der Waals surface area (Å²) in [5.74, 6) is 1.52. The Morgan fingerprint density at radius 2 is 2.05 bits per heavy atom. The minimum Gasteiger partial charge on any atom is -0.496 e. The van der Waals surface area contributed by atoms with Gasteiger partial charge in [-0.2, -0.15) is 0 Å². The quantitative estimate of drug-likeness (QED) is 0.597. The fraction of sp³-hybridized carbons (Fsp3) is 0.133. The molecule has 0 aliphatic heterocycles. The first kappa shape index (κ1) is 13.9. The molecule has 0 atom stereocenters. The lowest BCUT2D eigenvalue weighted by Crippen LogP contribution is -2.00. The maximum atomic E-state index is 10.8. The molecule has 0 bridgehead atoms. The Morgan fingerprint density at radius 1 is 1.21 bits per heavy atom. The normalized spacial score (nSPS) is 10.0. The number of carbonyl (C=O) groups is 1. The molecule has 2 aromatic rings. The van der Waals surface area contributed by atoms with E-state index in [1.165, 1.54) is 0 Å². The third-order valence-corrected chi connectivity index (χ3v) is 3.30. The minimum absolute atomic E-state index is 0.366. The number of methoxy groups -OCH3 is 1. The predicted octanol–water partition coefficient (Wildman–Crippen LogP) is 3.69. The summed E-state index contributed by atoms with van der Waals surface area (Å²) in [5.41, 5.74) is 1.47. The summed E-state index contributed by atoms with van der Waals surface area (Å²) >= 11 is 2.23. The molecule has 0 aromatic heterocycles. The highest BCUT2D eigenvalue weighted by Crippen LogP contribution is 2.22. The molecular weight excluding hydrogens is 355 g/mol. The second-order valence-electron chi connectivity index (χ2n) is 3.94. The molecule has 0 unspecified atom stereocenters. The van der Waals surface area contributed by atoms with Crippen LogP contribution in [0.3, 0.4) is 0 Å². The van der Waals surface area contributed by atoms with E-state index in [1.807, 2.05) is 24.3 Å². The molecule has 0 saturated heterocycles. The van der Waals surface area contributed by atoms with Crippen molar-refractivity contribution in [2.75, 3.05) is 7.11 Å². The predicted molar refractivity (Wildman–Crippen MR) is 81.9 cm³/mol. The molecular formula is C15H13IO3. The Labute approximate surface area is 125 Å². The largest absolute Gasteiger partial charge is 0.496 e. The van der Waals surface area contributed by atoms with Crippen molar-refractivity contribution in [3.63, 3.8) is 0 Å². The molecule has 98 valence electrons. The number of hydrogen-bond donors (Lipinski definition) is 0. The Kier molecular flexibility index (Phi) is 4.79. The topological polar surface area (TPSA) is 35.5 Å². The highest BCUT2D eigenvalue weighted by atomic mass is 127. The fourth-order valence-electron chi connectivity index (χ4n) is 1.70. The van der Waals surface area contributed by atoms with Crippen molar-refractivity contribution in [1.82, 2.24) is 0 Å². The van der Waals surface area contributed by atoms with E-state index >= 15 is 0 Å². The van der Waals surface area contributed by atoms with Crippen LogP contribution in [0.5, 0.6) is 11.5 Å². The number of carbonyl (C=O) groups excluding carboxylic acids is 1. The van der Waals surface area contributed by atoms with Crippen LogP contribution in [-0.2, 0) is 6.61 Å². The smallest absolute Gasteiger partial charge is 0.150 e. The van der Waals surface area contributed by atoms with Crippen molar-refractivity contribution < 1.29 is 14.3 Å². The maximum absolute atomic E-state index is 10.8. The lowest BCUT2D eigenvalue weighted by Gasteiger charge is -2.11. The Balaban J connectivity index is 2.16. The molecule has 3 nitrogen and oxygen atoms in total.